The summed E-state index contributed by atoms with van der Waals surface area (Å²) in [6.07, 6.45) is 1.31. The molecule has 1 spiro atoms. The van der Waals surface area contributed by atoms with Gasteiger partial charge in [0.1, 0.15) is 11.7 Å². The molecule has 3 rings (SSSR count). The van der Waals surface area contributed by atoms with Gasteiger partial charge in [0.2, 0.25) is 11.8 Å². The summed E-state index contributed by atoms with van der Waals surface area (Å²) in [5, 5.41) is 6.55. The summed E-state index contributed by atoms with van der Waals surface area (Å²) in [6.45, 7) is 12.4. The van der Waals surface area contributed by atoms with Crippen molar-refractivity contribution in [2.75, 3.05) is 44.6 Å². The lowest BCUT2D eigenvalue weighted by atomic mass is 9.95. The minimum absolute atomic E-state index is 0.0186. The topological polar surface area (TPSA) is 85.0 Å². The average molecular weight is 444 g/mol. The van der Waals surface area contributed by atoms with Crippen molar-refractivity contribution >= 4 is 23.4 Å². The molecular weight excluding hydrogens is 406 g/mol. The fraction of sp³-hybridized carbons (Fsp3) is 0.625. The standard InChI is InChI=1S/C24H37N5O3/c1-5-27(6-2)16-17-28(7-3)23(32)18(4)29-15-14-24(13-12-21(29)30)25-20-11-9-8-10-19(20)22(31)26-24/h8-11,18,25H,5-7,12-17H2,1-4H3,(H,26,31). The van der Waals surface area contributed by atoms with Crippen molar-refractivity contribution in [1.82, 2.24) is 20.0 Å². The Kier molecular flexibility index (Phi) is 7.77. The number of amides is 3. The highest BCUT2D eigenvalue weighted by atomic mass is 16.2. The molecule has 3 amide bonds. The Labute approximate surface area is 191 Å². The Hall–Kier alpha value is -2.61. The predicted octanol–water partition coefficient (Wildman–Crippen LogP) is 2.13. The highest BCUT2D eigenvalue weighted by molar-refractivity contribution is 6.02. The number of rotatable bonds is 8. The third-order valence-electron chi connectivity index (χ3n) is 6.86. The number of nitrogens with zero attached hydrogens (tertiary/aromatic N) is 3. The SMILES string of the molecule is CCN(CC)CCN(CC)C(=O)C(C)N1CCC2(CCC1=O)NC(=O)c1ccccc1N2. The molecule has 1 fully saturated rings. The molecule has 2 N–H and O–H groups in total. The van der Waals surface area contributed by atoms with Crippen LogP contribution < -0.4 is 10.6 Å². The van der Waals surface area contributed by atoms with Crippen LogP contribution in [0.1, 0.15) is 57.3 Å². The summed E-state index contributed by atoms with van der Waals surface area (Å²) in [4.78, 5) is 44.7. The molecule has 176 valence electrons. The van der Waals surface area contributed by atoms with E-state index in [2.05, 4.69) is 29.4 Å². The van der Waals surface area contributed by atoms with E-state index < -0.39 is 11.7 Å². The van der Waals surface area contributed by atoms with Gasteiger partial charge in [0.05, 0.1) is 5.56 Å². The Balaban J connectivity index is 1.68. The van der Waals surface area contributed by atoms with Crippen molar-refractivity contribution in [2.24, 2.45) is 0 Å². The first kappa shape index (κ1) is 24.0. The first-order valence-corrected chi connectivity index (χ1v) is 11.8. The van der Waals surface area contributed by atoms with Crippen LogP contribution in [0.2, 0.25) is 0 Å². The van der Waals surface area contributed by atoms with Gasteiger partial charge >= 0.3 is 0 Å². The lowest BCUT2D eigenvalue weighted by Crippen LogP contribution is -2.58. The van der Waals surface area contributed by atoms with Gasteiger partial charge in [-0.05, 0) is 45.5 Å². The summed E-state index contributed by atoms with van der Waals surface area (Å²) in [7, 11) is 0. The van der Waals surface area contributed by atoms with Gasteiger partial charge in [-0.25, -0.2) is 0 Å². The van der Waals surface area contributed by atoms with Gasteiger partial charge in [0.25, 0.3) is 5.91 Å². The van der Waals surface area contributed by atoms with Gasteiger partial charge in [-0.15, -0.1) is 0 Å². The van der Waals surface area contributed by atoms with E-state index in [0.29, 0.717) is 38.0 Å². The van der Waals surface area contributed by atoms with E-state index in [4.69, 9.17) is 0 Å². The Morgan fingerprint density at radius 2 is 1.78 bits per heavy atom. The van der Waals surface area contributed by atoms with E-state index in [1.54, 1.807) is 11.0 Å². The first-order valence-electron chi connectivity index (χ1n) is 11.8. The third-order valence-corrected chi connectivity index (χ3v) is 6.86. The summed E-state index contributed by atoms with van der Waals surface area (Å²) in [5.74, 6) is -0.190. The summed E-state index contributed by atoms with van der Waals surface area (Å²) in [5.41, 5.74) is 0.724. The zero-order valence-corrected chi connectivity index (χ0v) is 19.8. The van der Waals surface area contributed by atoms with Crippen LogP contribution in [0.4, 0.5) is 5.69 Å². The number of carbonyl (C=O) groups excluding carboxylic acids is 3. The summed E-state index contributed by atoms with van der Waals surface area (Å²) >= 11 is 0. The molecule has 32 heavy (non-hydrogen) atoms. The van der Waals surface area contributed by atoms with Crippen molar-refractivity contribution < 1.29 is 14.4 Å². The first-order chi connectivity index (χ1) is 15.3. The maximum atomic E-state index is 13.2. The molecule has 1 aromatic carbocycles. The van der Waals surface area contributed by atoms with Crippen molar-refractivity contribution in [3.63, 3.8) is 0 Å². The number of para-hydroxylation sites is 1. The van der Waals surface area contributed by atoms with Crippen LogP contribution in [0, 0.1) is 0 Å². The van der Waals surface area contributed by atoms with Gasteiger partial charge < -0.3 is 25.3 Å². The number of carbonyl (C=O) groups is 3. The number of fused-ring (bicyclic) bond motifs is 1. The number of likely N-dealkylation sites (N-methyl/N-ethyl adjacent to an activating group) is 2. The van der Waals surface area contributed by atoms with Crippen LogP contribution in [0.3, 0.4) is 0 Å². The largest absolute Gasteiger partial charge is 0.362 e. The maximum absolute atomic E-state index is 13.2. The number of benzene rings is 1. The maximum Gasteiger partial charge on any atom is 0.255 e. The molecule has 2 aliphatic heterocycles. The second kappa shape index (κ2) is 10.3. The molecular formula is C24H37N5O3. The van der Waals surface area contributed by atoms with Crippen molar-refractivity contribution in [2.45, 2.75) is 58.7 Å². The van der Waals surface area contributed by atoms with Gasteiger partial charge in [-0.2, -0.15) is 0 Å². The lowest BCUT2D eigenvalue weighted by Gasteiger charge is -2.40. The highest BCUT2D eigenvalue weighted by Gasteiger charge is 2.42. The molecule has 1 saturated heterocycles. The van der Waals surface area contributed by atoms with Crippen LogP contribution >= 0.6 is 0 Å². The van der Waals surface area contributed by atoms with E-state index in [0.717, 1.165) is 25.3 Å². The van der Waals surface area contributed by atoms with Crippen LogP contribution in [-0.2, 0) is 9.59 Å². The van der Waals surface area contributed by atoms with Crippen LogP contribution in [0.15, 0.2) is 24.3 Å². The van der Waals surface area contributed by atoms with E-state index in [-0.39, 0.29) is 24.1 Å². The van der Waals surface area contributed by atoms with Gasteiger partial charge in [-0.1, -0.05) is 26.0 Å². The smallest absolute Gasteiger partial charge is 0.255 e. The van der Waals surface area contributed by atoms with Crippen molar-refractivity contribution in [3.05, 3.63) is 29.8 Å². The van der Waals surface area contributed by atoms with E-state index in [1.807, 2.05) is 36.9 Å². The minimum Gasteiger partial charge on any atom is -0.362 e. The summed E-state index contributed by atoms with van der Waals surface area (Å²) in [6, 6.07) is 6.88. The normalized spacial score (nSPS) is 21.6. The number of hydrogen-bond donors (Lipinski definition) is 2. The quantitative estimate of drug-likeness (QED) is 0.643. The van der Waals surface area contributed by atoms with Crippen molar-refractivity contribution in [1.29, 1.82) is 0 Å². The molecule has 1 aromatic rings. The molecule has 0 aliphatic carbocycles. The molecule has 0 radical (unpaired) electrons. The number of anilines is 1. The van der Waals surface area contributed by atoms with Crippen LogP contribution in [0.5, 0.6) is 0 Å². The highest BCUT2D eigenvalue weighted by Crippen LogP contribution is 2.32. The second-order valence-corrected chi connectivity index (χ2v) is 8.66. The zero-order valence-electron chi connectivity index (χ0n) is 19.8. The van der Waals surface area contributed by atoms with Gasteiger partial charge in [0.15, 0.2) is 0 Å². The molecule has 8 nitrogen and oxygen atoms in total. The second-order valence-electron chi connectivity index (χ2n) is 8.66. The van der Waals surface area contributed by atoms with Gasteiger partial charge in [0, 0.05) is 44.7 Å². The monoisotopic (exact) mass is 443 g/mol. The van der Waals surface area contributed by atoms with E-state index in [9.17, 15) is 14.4 Å². The molecule has 0 saturated carbocycles. The third kappa shape index (κ3) is 5.06. The average Bonchev–Trinajstić information content (AvgIpc) is 2.95. The van der Waals surface area contributed by atoms with E-state index >= 15 is 0 Å². The molecule has 2 unspecified atom stereocenters. The minimum atomic E-state index is -0.675. The van der Waals surface area contributed by atoms with Crippen LogP contribution in [-0.4, -0.2) is 83.4 Å². The number of hydrogen-bond acceptors (Lipinski definition) is 5. The molecule has 2 atom stereocenters. The van der Waals surface area contributed by atoms with E-state index in [1.165, 1.54) is 0 Å². The zero-order chi connectivity index (χ0) is 23.3. The Morgan fingerprint density at radius 3 is 2.47 bits per heavy atom. The van der Waals surface area contributed by atoms with Crippen LogP contribution in [0.25, 0.3) is 0 Å². The molecule has 8 heteroatoms. The Bertz CT molecular complexity index is 841. The summed E-state index contributed by atoms with van der Waals surface area (Å²) < 4.78 is 0. The number of likely N-dealkylation sites (tertiary alicyclic amines) is 1. The predicted molar refractivity (Wildman–Crippen MR) is 125 cm³/mol. The van der Waals surface area contributed by atoms with Crippen molar-refractivity contribution in [3.8, 4) is 0 Å². The fourth-order valence-electron chi connectivity index (χ4n) is 4.67. The number of nitrogens with one attached hydrogen (secondary N) is 2. The van der Waals surface area contributed by atoms with Gasteiger partial charge in [-0.3, -0.25) is 14.4 Å². The fourth-order valence-corrected chi connectivity index (χ4v) is 4.67. The molecule has 0 bridgehead atoms. The lowest BCUT2D eigenvalue weighted by molar-refractivity contribution is -0.144. The molecule has 2 heterocycles. The Morgan fingerprint density at radius 1 is 1.06 bits per heavy atom. The molecule has 2 aliphatic rings. The molecule has 0 aromatic heterocycles.